The van der Waals surface area contributed by atoms with E-state index in [-0.39, 0.29) is 18.7 Å². The summed E-state index contributed by atoms with van der Waals surface area (Å²) in [5.41, 5.74) is 1.91. The van der Waals surface area contributed by atoms with E-state index < -0.39 is 21.0 Å². The molecule has 0 unspecified atom stereocenters. The van der Waals surface area contributed by atoms with Gasteiger partial charge in [0.2, 0.25) is 5.03 Å². The molecule has 0 radical (unpaired) electrons. The fraction of sp³-hybridized carbons (Fsp3) is 0.375. The minimum atomic E-state index is -3.94. The molecule has 0 amide bonds. The zero-order valence-corrected chi connectivity index (χ0v) is 14.9. The quantitative estimate of drug-likeness (QED) is 0.867. The fourth-order valence-electron chi connectivity index (χ4n) is 2.87. The number of benzene rings is 1. The fourth-order valence-corrected chi connectivity index (χ4v) is 4.41. The Bertz CT molecular complexity index is 881. The Kier molecular flexibility index (Phi) is 4.53. The van der Waals surface area contributed by atoms with Crippen molar-refractivity contribution in [2.24, 2.45) is 7.05 Å². The lowest BCUT2D eigenvalue weighted by atomic mass is 10.2. The van der Waals surface area contributed by atoms with Gasteiger partial charge < -0.3 is 10.0 Å². The third kappa shape index (κ3) is 3.38. The number of nitrogens with zero attached hydrogens (tertiary/aromatic N) is 4. The first kappa shape index (κ1) is 17.4. The van der Waals surface area contributed by atoms with Crippen molar-refractivity contribution in [1.82, 2.24) is 14.1 Å². The largest absolute Gasteiger partial charge is 0.478 e. The zero-order chi connectivity index (χ0) is 18.2. The van der Waals surface area contributed by atoms with E-state index >= 15 is 0 Å². The molecule has 2 aromatic rings. The van der Waals surface area contributed by atoms with Crippen LogP contribution in [-0.2, 0) is 17.1 Å². The smallest absolute Gasteiger partial charge is 0.340 e. The number of rotatable bonds is 4. The Morgan fingerprint density at radius 2 is 1.72 bits per heavy atom. The van der Waals surface area contributed by atoms with Crippen LogP contribution < -0.4 is 4.90 Å². The van der Waals surface area contributed by atoms with Gasteiger partial charge in [-0.25, -0.2) is 13.2 Å². The van der Waals surface area contributed by atoms with Crippen molar-refractivity contribution in [3.8, 4) is 0 Å². The molecule has 0 spiro atoms. The van der Waals surface area contributed by atoms with Crippen molar-refractivity contribution in [3.05, 3.63) is 41.6 Å². The Balaban J connectivity index is 1.78. The van der Waals surface area contributed by atoms with E-state index in [9.17, 15) is 18.3 Å². The van der Waals surface area contributed by atoms with Crippen LogP contribution >= 0.6 is 0 Å². The van der Waals surface area contributed by atoms with Gasteiger partial charge in [-0.2, -0.15) is 9.40 Å². The van der Waals surface area contributed by atoms with E-state index in [4.69, 9.17) is 0 Å². The summed E-state index contributed by atoms with van der Waals surface area (Å²) in [6.07, 6.45) is 1.21. The molecule has 1 aliphatic rings. The predicted octanol–water partition coefficient (Wildman–Crippen LogP) is 0.938. The van der Waals surface area contributed by atoms with Gasteiger partial charge in [0.05, 0.1) is 0 Å². The summed E-state index contributed by atoms with van der Waals surface area (Å²) in [4.78, 5) is 13.4. The lowest BCUT2D eigenvalue weighted by molar-refractivity contribution is 0.0692. The maximum absolute atomic E-state index is 12.8. The van der Waals surface area contributed by atoms with Crippen LogP contribution in [0.15, 0.2) is 35.5 Å². The van der Waals surface area contributed by atoms with Gasteiger partial charge >= 0.3 is 5.97 Å². The molecule has 0 saturated carbocycles. The monoisotopic (exact) mass is 364 g/mol. The second kappa shape index (κ2) is 6.49. The van der Waals surface area contributed by atoms with Crippen LogP contribution in [0.3, 0.4) is 0 Å². The molecule has 3 rings (SSSR count). The van der Waals surface area contributed by atoms with E-state index in [2.05, 4.69) is 10.00 Å². The number of carboxylic acid groups (broad SMARTS) is 1. The lowest BCUT2D eigenvalue weighted by Crippen LogP contribution is -2.49. The van der Waals surface area contributed by atoms with Crippen molar-refractivity contribution in [2.45, 2.75) is 11.9 Å². The van der Waals surface area contributed by atoms with Crippen molar-refractivity contribution in [3.63, 3.8) is 0 Å². The lowest BCUT2D eigenvalue weighted by Gasteiger charge is -2.35. The molecule has 1 aromatic heterocycles. The second-order valence-electron chi connectivity index (χ2n) is 6.05. The van der Waals surface area contributed by atoms with Crippen LogP contribution in [0.5, 0.6) is 0 Å². The molecule has 0 aliphatic carbocycles. The molecule has 1 saturated heterocycles. The molecule has 2 heterocycles. The highest BCUT2D eigenvalue weighted by molar-refractivity contribution is 7.89. The normalized spacial score (nSPS) is 16.2. The van der Waals surface area contributed by atoms with Gasteiger partial charge in [0.1, 0.15) is 5.56 Å². The highest BCUT2D eigenvalue weighted by Gasteiger charge is 2.34. The number of aromatic nitrogens is 2. The first-order chi connectivity index (χ1) is 11.8. The van der Waals surface area contributed by atoms with Crippen LogP contribution in [0.2, 0.25) is 0 Å². The number of piperazine rings is 1. The van der Waals surface area contributed by atoms with Gasteiger partial charge in [0, 0.05) is 45.1 Å². The SMILES string of the molecule is Cc1ccc(N2CCN(S(=O)(=O)c3nn(C)cc3C(=O)O)CC2)cc1. The Morgan fingerprint density at radius 1 is 1.12 bits per heavy atom. The highest BCUT2D eigenvalue weighted by Crippen LogP contribution is 2.22. The van der Waals surface area contributed by atoms with Crippen LogP contribution in [-0.4, -0.2) is 59.8 Å². The van der Waals surface area contributed by atoms with E-state index in [1.54, 1.807) is 0 Å². The molecule has 25 heavy (non-hydrogen) atoms. The number of anilines is 1. The van der Waals surface area contributed by atoms with Crippen LogP contribution in [0.1, 0.15) is 15.9 Å². The Labute approximate surface area is 146 Å². The number of hydrogen-bond acceptors (Lipinski definition) is 5. The van der Waals surface area contributed by atoms with Gasteiger partial charge in [-0.05, 0) is 19.1 Å². The average molecular weight is 364 g/mol. The maximum Gasteiger partial charge on any atom is 0.340 e. The van der Waals surface area contributed by atoms with E-state index in [1.807, 2.05) is 31.2 Å². The molecule has 0 bridgehead atoms. The van der Waals surface area contributed by atoms with Gasteiger partial charge in [-0.15, -0.1) is 0 Å². The van der Waals surface area contributed by atoms with Gasteiger partial charge in [0.25, 0.3) is 10.0 Å². The van der Waals surface area contributed by atoms with Crippen LogP contribution in [0.4, 0.5) is 5.69 Å². The standard InChI is InChI=1S/C16H20N4O4S/c1-12-3-5-13(6-4-12)19-7-9-20(10-8-19)25(23,24)15-14(16(21)22)11-18(2)17-15/h3-6,11H,7-10H2,1-2H3,(H,21,22). The molecule has 134 valence electrons. The van der Waals surface area contributed by atoms with Crippen molar-refractivity contribution in [2.75, 3.05) is 31.1 Å². The number of carboxylic acids is 1. The van der Waals surface area contributed by atoms with E-state index in [0.29, 0.717) is 13.1 Å². The van der Waals surface area contributed by atoms with Crippen molar-refractivity contribution >= 4 is 21.7 Å². The summed E-state index contributed by atoms with van der Waals surface area (Å²) in [5, 5.41) is 12.7. The van der Waals surface area contributed by atoms with E-state index in [0.717, 1.165) is 5.69 Å². The predicted molar refractivity (Wildman–Crippen MR) is 92.3 cm³/mol. The van der Waals surface area contributed by atoms with Crippen molar-refractivity contribution in [1.29, 1.82) is 0 Å². The third-order valence-corrected chi connectivity index (χ3v) is 6.08. The Hall–Kier alpha value is -2.39. The summed E-state index contributed by atoms with van der Waals surface area (Å²) >= 11 is 0. The van der Waals surface area contributed by atoms with Gasteiger partial charge in [-0.3, -0.25) is 4.68 Å². The van der Waals surface area contributed by atoms with Crippen LogP contribution in [0, 0.1) is 6.92 Å². The molecular weight excluding hydrogens is 344 g/mol. The van der Waals surface area contributed by atoms with E-state index in [1.165, 1.54) is 27.8 Å². The molecule has 8 nitrogen and oxygen atoms in total. The maximum atomic E-state index is 12.8. The van der Waals surface area contributed by atoms with Gasteiger partial charge in [-0.1, -0.05) is 17.7 Å². The van der Waals surface area contributed by atoms with Crippen molar-refractivity contribution < 1.29 is 18.3 Å². The number of hydrogen-bond donors (Lipinski definition) is 1. The zero-order valence-electron chi connectivity index (χ0n) is 14.1. The molecule has 1 fully saturated rings. The number of carbonyl (C=O) groups is 1. The second-order valence-corrected chi connectivity index (χ2v) is 7.91. The molecule has 1 aliphatic heterocycles. The molecular formula is C16H20N4O4S. The first-order valence-corrected chi connectivity index (χ1v) is 9.32. The molecule has 9 heteroatoms. The average Bonchev–Trinajstić information content (AvgIpc) is 2.99. The summed E-state index contributed by atoms with van der Waals surface area (Å²) in [7, 11) is -2.43. The molecule has 0 atom stereocenters. The molecule has 1 N–H and O–H groups in total. The molecule has 1 aromatic carbocycles. The van der Waals surface area contributed by atoms with Crippen LogP contribution in [0.25, 0.3) is 0 Å². The minimum Gasteiger partial charge on any atom is -0.478 e. The number of aromatic carboxylic acids is 1. The summed E-state index contributed by atoms with van der Waals surface area (Å²) in [6, 6.07) is 8.07. The summed E-state index contributed by atoms with van der Waals surface area (Å²) in [6.45, 7) is 3.66. The number of sulfonamides is 1. The third-order valence-electron chi connectivity index (χ3n) is 4.25. The minimum absolute atomic E-state index is 0.284. The summed E-state index contributed by atoms with van der Waals surface area (Å²) < 4.78 is 28.1. The summed E-state index contributed by atoms with van der Waals surface area (Å²) in [5.74, 6) is -1.30. The topological polar surface area (TPSA) is 95.7 Å². The Morgan fingerprint density at radius 3 is 2.28 bits per heavy atom. The van der Waals surface area contributed by atoms with Gasteiger partial charge in [0.15, 0.2) is 0 Å². The first-order valence-electron chi connectivity index (χ1n) is 7.88. The number of aryl methyl sites for hydroxylation is 2. The highest BCUT2D eigenvalue weighted by atomic mass is 32.2.